The van der Waals surface area contributed by atoms with E-state index in [1.807, 2.05) is 0 Å². The van der Waals surface area contributed by atoms with E-state index >= 15 is 0 Å². The quantitative estimate of drug-likeness (QED) is 0.794. The fourth-order valence-electron chi connectivity index (χ4n) is 6.06. The zero-order valence-electron chi connectivity index (χ0n) is 13.6. The summed E-state index contributed by atoms with van der Waals surface area (Å²) in [5.74, 6) is 3.13. The lowest BCUT2D eigenvalue weighted by atomic mass is 9.48. The molecule has 0 aliphatic heterocycles. The molecule has 0 spiro atoms. The monoisotopic (exact) mass is 283 g/mol. The second-order valence-electron chi connectivity index (χ2n) is 8.16. The van der Waals surface area contributed by atoms with Crippen LogP contribution >= 0.6 is 0 Å². The zero-order valence-corrected chi connectivity index (χ0v) is 13.6. The van der Waals surface area contributed by atoms with Gasteiger partial charge in [0.2, 0.25) is 0 Å². The molecule has 0 amide bonds. The molecule has 114 valence electrons. The van der Waals surface area contributed by atoms with Gasteiger partial charge in [0.15, 0.2) is 0 Å². The van der Waals surface area contributed by atoms with Gasteiger partial charge in [0, 0.05) is 11.7 Å². The molecule has 4 saturated carbocycles. The number of nitrogens with one attached hydrogen (secondary N) is 1. The van der Waals surface area contributed by atoms with Gasteiger partial charge in [-0.2, -0.15) is 0 Å². The third-order valence-corrected chi connectivity index (χ3v) is 6.77. The predicted octanol–water partition coefficient (Wildman–Crippen LogP) is 5.27. The second-order valence-corrected chi connectivity index (χ2v) is 8.16. The molecule has 1 aromatic rings. The highest BCUT2D eigenvalue weighted by molar-refractivity contribution is 5.52. The van der Waals surface area contributed by atoms with Crippen molar-refractivity contribution in [1.82, 2.24) is 0 Å². The summed E-state index contributed by atoms with van der Waals surface area (Å²) in [6.07, 6.45) is 10.2. The molecule has 0 heterocycles. The first-order chi connectivity index (χ1) is 10.2. The third-order valence-electron chi connectivity index (χ3n) is 6.77. The maximum atomic E-state index is 3.92. The van der Waals surface area contributed by atoms with Crippen LogP contribution in [0.2, 0.25) is 0 Å². The van der Waals surface area contributed by atoms with Crippen LogP contribution in [0.5, 0.6) is 0 Å². The van der Waals surface area contributed by atoms with E-state index in [9.17, 15) is 0 Å². The van der Waals surface area contributed by atoms with Crippen LogP contribution in [-0.2, 0) is 6.42 Å². The van der Waals surface area contributed by atoms with Gasteiger partial charge >= 0.3 is 0 Å². The molecule has 1 heteroatoms. The third kappa shape index (κ3) is 2.29. The number of hydrogen-bond donors (Lipinski definition) is 1. The molecule has 21 heavy (non-hydrogen) atoms. The number of para-hydroxylation sites is 1. The van der Waals surface area contributed by atoms with Gasteiger partial charge in [-0.15, -0.1) is 0 Å². The van der Waals surface area contributed by atoms with Crippen molar-refractivity contribution in [2.24, 2.45) is 23.2 Å². The van der Waals surface area contributed by atoms with Crippen molar-refractivity contribution >= 4 is 5.69 Å². The van der Waals surface area contributed by atoms with Gasteiger partial charge in [0.05, 0.1) is 0 Å². The Morgan fingerprint density at radius 3 is 2.19 bits per heavy atom. The predicted molar refractivity (Wildman–Crippen MR) is 89.5 cm³/mol. The lowest BCUT2D eigenvalue weighted by molar-refractivity contribution is -0.0602. The summed E-state index contributed by atoms with van der Waals surface area (Å²) in [4.78, 5) is 0. The first kappa shape index (κ1) is 13.7. The van der Waals surface area contributed by atoms with Crippen molar-refractivity contribution in [3.8, 4) is 0 Å². The fraction of sp³-hybridized carbons (Fsp3) is 0.700. The molecule has 0 radical (unpaired) electrons. The summed E-state index contributed by atoms with van der Waals surface area (Å²) < 4.78 is 0. The van der Waals surface area contributed by atoms with E-state index in [0.29, 0.717) is 11.5 Å². The Kier molecular flexibility index (Phi) is 3.28. The maximum absolute atomic E-state index is 3.92. The number of hydrogen-bond acceptors (Lipinski definition) is 1. The molecule has 0 aromatic heterocycles. The van der Waals surface area contributed by atoms with E-state index in [1.54, 1.807) is 0 Å². The Morgan fingerprint density at radius 2 is 1.62 bits per heavy atom. The molecular weight excluding hydrogens is 254 g/mol. The summed E-state index contributed by atoms with van der Waals surface area (Å²) in [6.45, 7) is 4.72. The highest BCUT2D eigenvalue weighted by Gasteiger charge is 2.53. The molecule has 1 atom stereocenters. The average molecular weight is 283 g/mol. The molecule has 5 rings (SSSR count). The number of anilines is 1. The Hall–Kier alpha value is -0.980. The summed E-state index contributed by atoms with van der Waals surface area (Å²) in [7, 11) is 0. The van der Waals surface area contributed by atoms with E-state index in [1.165, 1.54) is 49.8 Å². The van der Waals surface area contributed by atoms with Gasteiger partial charge in [0.1, 0.15) is 0 Å². The van der Waals surface area contributed by atoms with Crippen molar-refractivity contribution in [2.45, 2.75) is 64.8 Å². The van der Waals surface area contributed by atoms with Crippen molar-refractivity contribution < 1.29 is 0 Å². The molecule has 0 saturated heterocycles. The van der Waals surface area contributed by atoms with Crippen LogP contribution in [0.15, 0.2) is 24.3 Å². The van der Waals surface area contributed by atoms with Crippen LogP contribution < -0.4 is 5.32 Å². The fourth-order valence-corrected chi connectivity index (χ4v) is 6.06. The summed E-state index contributed by atoms with van der Waals surface area (Å²) in [5, 5.41) is 3.92. The van der Waals surface area contributed by atoms with Crippen LogP contribution in [0.3, 0.4) is 0 Å². The van der Waals surface area contributed by atoms with Crippen molar-refractivity contribution in [1.29, 1.82) is 0 Å². The van der Waals surface area contributed by atoms with Gasteiger partial charge in [-0.25, -0.2) is 0 Å². The molecule has 4 aliphatic carbocycles. The summed E-state index contributed by atoms with van der Waals surface area (Å²) in [6, 6.07) is 9.51. The smallest absolute Gasteiger partial charge is 0.0374 e. The Bertz CT molecular complexity index is 483. The Balaban J connectivity index is 1.56. The Labute approximate surface area is 129 Å². The second kappa shape index (κ2) is 5.04. The standard InChI is InChI=1S/C20H29N/c1-3-18-6-4-5-7-19(18)21-14(2)20-11-15-8-16(12-20)10-17(9-15)13-20/h4-7,14-17,21H,3,8-13H2,1-2H3. The minimum Gasteiger partial charge on any atom is -0.382 e. The number of benzene rings is 1. The molecule has 1 unspecified atom stereocenters. The Morgan fingerprint density at radius 1 is 1.05 bits per heavy atom. The van der Waals surface area contributed by atoms with Gasteiger partial charge < -0.3 is 5.32 Å². The van der Waals surface area contributed by atoms with Crippen LogP contribution in [0, 0.1) is 23.2 Å². The summed E-state index contributed by atoms with van der Waals surface area (Å²) >= 11 is 0. The molecule has 4 bridgehead atoms. The van der Waals surface area contributed by atoms with E-state index in [0.717, 1.165) is 24.2 Å². The highest BCUT2D eigenvalue weighted by Crippen LogP contribution is 2.61. The van der Waals surface area contributed by atoms with Crippen molar-refractivity contribution in [3.63, 3.8) is 0 Å². The molecular formula is C20H29N. The SMILES string of the molecule is CCc1ccccc1NC(C)C12CC3CC(CC(C3)C1)C2. The minimum atomic E-state index is 0.593. The molecule has 1 nitrogen and oxygen atoms in total. The van der Waals surface area contributed by atoms with Crippen LogP contribution in [0.1, 0.15) is 57.9 Å². The van der Waals surface area contributed by atoms with Crippen LogP contribution in [-0.4, -0.2) is 6.04 Å². The van der Waals surface area contributed by atoms with Gasteiger partial charge in [-0.1, -0.05) is 25.1 Å². The highest BCUT2D eigenvalue weighted by atomic mass is 14.9. The molecule has 1 N–H and O–H groups in total. The zero-order chi connectivity index (χ0) is 14.4. The van der Waals surface area contributed by atoms with E-state index < -0.39 is 0 Å². The molecule has 1 aromatic carbocycles. The molecule has 4 aliphatic rings. The summed E-state index contributed by atoms with van der Waals surface area (Å²) in [5.41, 5.74) is 3.44. The first-order valence-corrected chi connectivity index (χ1v) is 9.03. The van der Waals surface area contributed by atoms with Crippen molar-refractivity contribution in [3.05, 3.63) is 29.8 Å². The lowest BCUT2D eigenvalue weighted by Crippen LogP contribution is -2.52. The lowest BCUT2D eigenvalue weighted by Gasteiger charge is -2.59. The van der Waals surface area contributed by atoms with Gasteiger partial charge in [-0.3, -0.25) is 0 Å². The van der Waals surface area contributed by atoms with E-state index in [4.69, 9.17) is 0 Å². The largest absolute Gasteiger partial charge is 0.382 e. The van der Waals surface area contributed by atoms with Crippen LogP contribution in [0.25, 0.3) is 0 Å². The average Bonchev–Trinajstić information content (AvgIpc) is 2.46. The van der Waals surface area contributed by atoms with E-state index in [-0.39, 0.29) is 0 Å². The first-order valence-electron chi connectivity index (χ1n) is 9.03. The minimum absolute atomic E-state index is 0.593. The normalized spacial score (nSPS) is 38.5. The van der Waals surface area contributed by atoms with Gasteiger partial charge in [0.25, 0.3) is 0 Å². The van der Waals surface area contributed by atoms with E-state index in [2.05, 4.69) is 43.4 Å². The number of aryl methyl sites for hydroxylation is 1. The van der Waals surface area contributed by atoms with Gasteiger partial charge in [-0.05, 0) is 86.7 Å². The number of rotatable bonds is 4. The van der Waals surface area contributed by atoms with Crippen LogP contribution in [0.4, 0.5) is 5.69 Å². The topological polar surface area (TPSA) is 12.0 Å². The molecule has 4 fully saturated rings. The maximum Gasteiger partial charge on any atom is 0.0374 e. The van der Waals surface area contributed by atoms with Crippen molar-refractivity contribution in [2.75, 3.05) is 5.32 Å².